The van der Waals surface area contributed by atoms with Crippen molar-refractivity contribution in [1.82, 2.24) is 14.5 Å². The van der Waals surface area contributed by atoms with Crippen molar-refractivity contribution >= 4 is 23.1 Å². The molecule has 1 amide bonds. The maximum Gasteiger partial charge on any atom is 0.410 e. The van der Waals surface area contributed by atoms with Crippen molar-refractivity contribution < 1.29 is 13.9 Å². The summed E-state index contributed by atoms with van der Waals surface area (Å²) < 4.78 is 21.9. The summed E-state index contributed by atoms with van der Waals surface area (Å²) in [6.45, 7) is 8.09. The first kappa shape index (κ1) is 22.1. The van der Waals surface area contributed by atoms with Gasteiger partial charge in [-0.15, -0.1) is 0 Å². The highest BCUT2D eigenvalue weighted by Gasteiger charge is 2.28. The number of fused-ring (bicyclic) bond motifs is 1. The summed E-state index contributed by atoms with van der Waals surface area (Å²) in [7, 11) is 0. The number of carbonyl (C=O) groups excluding carboxylic acids is 1. The largest absolute Gasteiger partial charge is 0.444 e. The van der Waals surface area contributed by atoms with Crippen molar-refractivity contribution in [2.45, 2.75) is 45.8 Å². The standard InChI is InChI=1S/C25H31FN4O2/c1-25(2,3)32-24(31)29-14-8-9-18(16-29)15-27-23-28-21-12-6-7-13-22(21)30(23)17-19-10-4-5-11-20(19)26/h4-7,10-13,18H,8-9,14-17H2,1-3H3,(H,27,28)/t18-/m0/s1. The number of hydrogen-bond acceptors (Lipinski definition) is 4. The molecule has 1 fully saturated rings. The number of piperidine rings is 1. The number of likely N-dealkylation sites (tertiary alicyclic amines) is 1. The van der Waals surface area contributed by atoms with Crippen molar-refractivity contribution in [3.8, 4) is 0 Å². The SMILES string of the molecule is CC(C)(C)OC(=O)N1CCC[C@@H](CNc2nc3ccccc3n2Cc2ccccc2F)C1. The molecule has 1 N–H and O–H groups in total. The Morgan fingerprint density at radius 1 is 1.19 bits per heavy atom. The molecule has 1 aliphatic heterocycles. The molecule has 170 valence electrons. The normalized spacial score (nSPS) is 16.9. The molecule has 1 atom stereocenters. The fraction of sp³-hybridized carbons (Fsp3) is 0.440. The number of anilines is 1. The Balaban J connectivity index is 1.48. The number of para-hydroxylation sites is 2. The second-order valence-corrected chi connectivity index (χ2v) is 9.42. The van der Waals surface area contributed by atoms with Gasteiger partial charge < -0.3 is 19.5 Å². The smallest absolute Gasteiger partial charge is 0.410 e. The van der Waals surface area contributed by atoms with Gasteiger partial charge in [-0.2, -0.15) is 0 Å². The lowest BCUT2D eigenvalue weighted by atomic mass is 9.98. The fourth-order valence-corrected chi connectivity index (χ4v) is 4.13. The predicted octanol–water partition coefficient (Wildman–Crippen LogP) is 5.28. The Kier molecular flexibility index (Phi) is 6.35. The Bertz CT molecular complexity index is 1090. The molecule has 1 aromatic heterocycles. The Hall–Kier alpha value is -3.09. The van der Waals surface area contributed by atoms with Crippen molar-refractivity contribution in [2.24, 2.45) is 5.92 Å². The molecule has 32 heavy (non-hydrogen) atoms. The van der Waals surface area contributed by atoms with Crippen LogP contribution < -0.4 is 5.32 Å². The first-order valence-corrected chi connectivity index (χ1v) is 11.2. The minimum Gasteiger partial charge on any atom is -0.444 e. The van der Waals surface area contributed by atoms with E-state index in [0.717, 1.165) is 30.4 Å². The highest BCUT2D eigenvalue weighted by atomic mass is 19.1. The Labute approximate surface area is 188 Å². The molecule has 1 saturated heterocycles. The third kappa shape index (κ3) is 5.21. The Morgan fingerprint density at radius 2 is 1.94 bits per heavy atom. The van der Waals surface area contributed by atoms with Gasteiger partial charge >= 0.3 is 6.09 Å². The number of ether oxygens (including phenoxy) is 1. The second kappa shape index (κ2) is 9.18. The second-order valence-electron chi connectivity index (χ2n) is 9.42. The maximum absolute atomic E-state index is 14.3. The predicted molar refractivity (Wildman–Crippen MR) is 124 cm³/mol. The molecular formula is C25H31FN4O2. The zero-order chi connectivity index (χ0) is 22.7. The van der Waals surface area contributed by atoms with Gasteiger partial charge in [-0.05, 0) is 57.7 Å². The molecule has 6 nitrogen and oxygen atoms in total. The van der Waals surface area contributed by atoms with Crippen LogP contribution in [0, 0.1) is 11.7 Å². The van der Waals surface area contributed by atoms with E-state index in [1.165, 1.54) is 6.07 Å². The van der Waals surface area contributed by atoms with Gasteiger partial charge in [0.25, 0.3) is 0 Å². The van der Waals surface area contributed by atoms with Gasteiger partial charge in [0.1, 0.15) is 11.4 Å². The zero-order valence-electron chi connectivity index (χ0n) is 19.0. The number of imidazole rings is 1. The van der Waals surface area contributed by atoms with Crippen LogP contribution in [-0.2, 0) is 11.3 Å². The molecule has 0 radical (unpaired) electrons. The average molecular weight is 439 g/mol. The number of rotatable bonds is 5. The van der Waals surface area contributed by atoms with Gasteiger partial charge in [-0.1, -0.05) is 30.3 Å². The molecule has 0 unspecified atom stereocenters. The van der Waals surface area contributed by atoms with Crippen molar-refractivity contribution in [3.05, 3.63) is 59.9 Å². The summed E-state index contributed by atoms with van der Waals surface area (Å²) in [6.07, 6.45) is 1.71. The fourth-order valence-electron chi connectivity index (χ4n) is 4.13. The number of hydrogen-bond donors (Lipinski definition) is 1. The monoisotopic (exact) mass is 438 g/mol. The van der Waals surface area contributed by atoms with E-state index in [2.05, 4.69) is 5.32 Å². The minimum absolute atomic E-state index is 0.225. The van der Waals surface area contributed by atoms with Crippen LogP contribution >= 0.6 is 0 Å². The summed E-state index contributed by atoms with van der Waals surface area (Å²) in [5, 5.41) is 3.47. The average Bonchev–Trinajstić information content (AvgIpc) is 3.10. The summed E-state index contributed by atoms with van der Waals surface area (Å²) in [4.78, 5) is 19.0. The summed E-state index contributed by atoms with van der Waals surface area (Å²) >= 11 is 0. The first-order chi connectivity index (χ1) is 15.3. The van der Waals surface area contributed by atoms with Gasteiger partial charge in [0.05, 0.1) is 17.6 Å². The molecule has 3 aromatic rings. The third-order valence-electron chi connectivity index (χ3n) is 5.66. The van der Waals surface area contributed by atoms with Crippen LogP contribution in [0.3, 0.4) is 0 Å². The van der Waals surface area contributed by atoms with Crippen LogP contribution in [0.4, 0.5) is 15.1 Å². The molecule has 0 saturated carbocycles. The molecule has 7 heteroatoms. The molecule has 4 rings (SSSR count). The van der Waals surface area contributed by atoms with E-state index in [9.17, 15) is 9.18 Å². The molecule has 0 bridgehead atoms. The lowest BCUT2D eigenvalue weighted by molar-refractivity contribution is 0.0172. The number of nitrogens with one attached hydrogen (secondary N) is 1. The summed E-state index contributed by atoms with van der Waals surface area (Å²) in [6, 6.07) is 14.7. The van der Waals surface area contributed by atoms with Crippen molar-refractivity contribution in [1.29, 1.82) is 0 Å². The van der Waals surface area contributed by atoms with Crippen LogP contribution in [0.5, 0.6) is 0 Å². The minimum atomic E-state index is -0.500. The van der Waals surface area contributed by atoms with Gasteiger partial charge in [0, 0.05) is 25.2 Å². The number of halogens is 1. The number of aromatic nitrogens is 2. The highest BCUT2D eigenvalue weighted by molar-refractivity contribution is 5.78. The zero-order valence-corrected chi connectivity index (χ0v) is 19.0. The van der Waals surface area contributed by atoms with E-state index in [1.807, 2.05) is 55.7 Å². The molecule has 2 aromatic carbocycles. The van der Waals surface area contributed by atoms with E-state index in [-0.39, 0.29) is 17.8 Å². The van der Waals surface area contributed by atoms with Gasteiger partial charge in [-0.3, -0.25) is 0 Å². The number of amides is 1. The number of carbonyl (C=O) groups is 1. The third-order valence-corrected chi connectivity index (χ3v) is 5.66. The van der Waals surface area contributed by atoms with Crippen LogP contribution in [-0.4, -0.2) is 45.8 Å². The topological polar surface area (TPSA) is 59.4 Å². The summed E-state index contributed by atoms with van der Waals surface area (Å²) in [5.41, 5.74) is 1.94. The molecule has 1 aliphatic rings. The van der Waals surface area contributed by atoms with Gasteiger partial charge in [-0.25, -0.2) is 14.2 Å². The van der Waals surface area contributed by atoms with Crippen LogP contribution in [0.2, 0.25) is 0 Å². The van der Waals surface area contributed by atoms with Crippen molar-refractivity contribution in [3.63, 3.8) is 0 Å². The molecule has 0 aliphatic carbocycles. The molecule has 0 spiro atoms. The number of benzene rings is 2. The van der Waals surface area contributed by atoms with E-state index >= 15 is 0 Å². The van der Waals surface area contributed by atoms with E-state index in [0.29, 0.717) is 31.1 Å². The van der Waals surface area contributed by atoms with E-state index in [4.69, 9.17) is 9.72 Å². The van der Waals surface area contributed by atoms with Crippen LogP contribution in [0.15, 0.2) is 48.5 Å². The quantitative estimate of drug-likeness (QED) is 0.589. The van der Waals surface area contributed by atoms with Crippen LogP contribution in [0.1, 0.15) is 39.2 Å². The summed E-state index contributed by atoms with van der Waals surface area (Å²) in [5.74, 6) is 0.776. The molecular weight excluding hydrogens is 407 g/mol. The van der Waals surface area contributed by atoms with E-state index in [1.54, 1.807) is 17.0 Å². The Morgan fingerprint density at radius 3 is 2.72 bits per heavy atom. The molecule has 2 heterocycles. The van der Waals surface area contributed by atoms with Gasteiger partial charge in [0.15, 0.2) is 0 Å². The van der Waals surface area contributed by atoms with E-state index < -0.39 is 5.60 Å². The lowest BCUT2D eigenvalue weighted by Gasteiger charge is -2.34. The number of nitrogens with zero attached hydrogens (tertiary/aromatic N) is 3. The highest BCUT2D eigenvalue weighted by Crippen LogP contribution is 2.24. The van der Waals surface area contributed by atoms with Gasteiger partial charge in [0.2, 0.25) is 5.95 Å². The van der Waals surface area contributed by atoms with Crippen molar-refractivity contribution in [2.75, 3.05) is 25.0 Å². The van der Waals surface area contributed by atoms with Crippen LogP contribution in [0.25, 0.3) is 11.0 Å². The first-order valence-electron chi connectivity index (χ1n) is 11.2. The lowest BCUT2D eigenvalue weighted by Crippen LogP contribution is -2.44. The maximum atomic E-state index is 14.3.